The highest BCUT2D eigenvalue weighted by molar-refractivity contribution is 7.92. The van der Waals surface area contributed by atoms with Crippen molar-refractivity contribution >= 4 is 27.6 Å². The third-order valence-corrected chi connectivity index (χ3v) is 8.40. The first-order valence-corrected chi connectivity index (χ1v) is 15.4. The summed E-state index contributed by atoms with van der Waals surface area (Å²) in [5, 5.41) is 2.75. The SMILES string of the molecule is CCc1c2nc(nc1-c1c(C)ccc(OCCC(C)C)c1C)NS(=O)(=O)c1cccc(c1)NC(=O)c1cccc(c1)O2. The second kappa shape index (κ2) is 11.8. The third kappa shape index (κ3) is 6.08. The van der Waals surface area contributed by atoms with Crippen molar-refractivity contribution in [3.8, 4) is 28.6 Å². The lowest BCUT2D eigenvalue weighted by molar-refractivity contribution is 0.102. The van der Waals surface area contributed by atoms with Gasteiger partial charge in [-0.2, -0.15) is 4.98 Å². The maximum atomic E-state index is 13.5. The summed E-state index contributed by atoms with van der Waals surface area (Å²) in [7, 11) is -4.12. The fraction of sp³-hybridized carbons (Fsp3) is 0.281. The van der Waals surface area contributed by atoms with Crippen LogP contribution in [0.15, 0.2) is 65.6 Å². The van der Waals surface area contributed by atoms with Gasteiger partial charge in [0.1, 0.15) is 11.5 Å². The Bertz CT molecular complexity index is 1770. The van der Waals surface area contributed by atoms with Crippen LogP contribution in [0.1, 0.15) is 54.2 Å². The van der Waals surface area contributed by atoms with Crippen molar-refractivity contribution in [3.05, 3.63) is 82.9 Å². The number of nitrogens with zero attached hydrogens (tertiary/aromatic N) is 2. The first-order chi connectivity index (χ1) is 20.1. The molecule has 0 radical (unpaired) electrons. The third-order valence-electron chi connectivity index (χ3n) is 7.07. The number of anilines is 2. The van der Waals surface area contributed by atoms with E-state index in [4.69, 9.17) is 14.5 Å². The van der Waals surface area contributed by atoms with Crippen LogP contribution in [0.25, 0.3) is 11.3 Å². The molecule has 218 valence electrons. The van der Waals surface area contributed by atoms with E-state index in [1.807, 2.05) is 32.9 Å². The lowest BCUT2D eigenvalue weighted by Gasteiger charge is -2.20. The molecule has 9 nitrogen and oxygen atoms in total. The van der Waals surface area contributed by atoms with E-state index in [1.165, 1.54) is 12.1 Å². The minimum atomic E-state index is -4.12. The minimum absolute atomic E-state index is 0.0498. The Balaban J connectivity index is 1.72. The van der Waals surface area contributed by atoms with Crippen LogP contribution in [-0.2, 0) is 16.4 Å². The fourth-order valence-electron chi connectivity index (χ4n) is 4.81. The molecule has 2 heterocycles. The number of aryl methyl sites for hydroxylation is 1. The predicted octanol–water partition coefficient (Wildman–Crippen LogP) is 6.91. The molecule has 5 rings (SSSR count). The van der Waals surface area contributed by atoms with E-state index in [0.29, 0.717) is 47.2 Å². The van der Waals surface area contributed by atoms with Crippen LogP contribution in [0.5, 0.6) is 17.4 Å². The molecule has 0 saturated carbocycles. The van der Waals surface area contributed by atoms with Gasteiger partial charge in [0.15, 0.2) is 0 Å². The summed E-state index contributed by atoms with van der Waals surface area (Å²) >= 11 is 0. The van der Waals surface area contributed by atoms with Gasteiger partial charge in [-0.25, -0.2) is 18.1 Å². The van der Waals surface area contributed by atoms with Crippen LogP contribution >= 0.6 is 0 Å². The Kier molecular flexibility index (Phi) is 8.17. The van der Waals surface area contributed by atoms with Gasteiger partial charge < -0.3 is 14.8 Å². The molecule has 2 N–H and O–H groups in total. The van der Waals surface area contributed by atoms with E-state index < -0.39 is 15.9 Å². The Labute approximate surface area is 246 Å². The lowest BCUT2D eigenvalue weighted by atomic mass is 9.95. The molecule has 0 saturated heterocycles. The second-order valence-corrected chi connectivity index (χ2v) is 12.3. The van der Waals surface area contributed by atoms with E-state index in [9.17, 15) is 13.2 Å². The van der Waals surface area contributed by atoms with E-state index in [-0.39, 0.29) is 16.7 Å². The summed E-state index contributed by atoms with van der Waals surface area (Å²) < 4.78 is 41.9. The van der Waals surface area contributed by atoms with Crippen molar-refractivity contribution in [3.63, 3.8) is 0 Å². The number of sulfonamides is 1. The van der Waals surface area contributed by atoms with Crippen molar-refractivity contribution in [2.75, 3.05) is 16.6 Å². The molecular formula is C32H34N4O5S. The molecule has 0 aliphatic carbocycles. The molecule has 0 unspecified atom stereocenters. The number of nitrogens with one attached hydrogen (secondary N) is 2. The number of aromatic nitrogens is 2. The van der Waals surface area contributed by atoms with Gasteiger partial charge >= 0.3 is 0 Å². The number of hydrogen-bond donors (Lipinski definition) is 2. The van der Waals surface area contributed by atoms with Gasteiger partial charge in [-0.3, -0.25) is 4.79 Å². The Morgan fingerprint density at radius 1 is 1.00 bits per heavy atom. The number of rotatable bonds is 6. The average molecular weight is 587 g/mol. The molecule has 4 aromatic rings. The van der Waals surface area contributed by atoms with Gasteiger partial charge in [0.2, 0.25) is 11.8 Å². The molecule has 42 heavy (non-hydrogen) atoms. The second-order valence-electron chi connectivity index (χ2n) is 10.7. The standard InChI is InChI=1S/C32H34N4O5S/c1-6-26-29(28-20(4)13-14-27(21(28)5)40-16-15-19(2)3)34-32-35-31(26)41-24-11-7-9-22(17-24)30(37)33-23-10-8-12-25(18-23)42(38,39)36-32/h7-14,17-19H,6,15-16H2,1-5H3,(H,33,37)(H,34,35,36). The van der Waals surface area contributed by atoms with Crippen LogP contribution in [0.4, 0.5) is 11.6 Å². The van der Waals surface area contributed by atoms with Gasteiger partial charge in [-0.05, 0) is 80.6 Å². The maximum absolute atomic E-state index is 13.5. The van der Waals surface area contributed by atoms with E-state index in [1.54, 1.807) is 36.4 Å². The van der Waals surface area contributed by atoms with Crippen molar-refractivity contribution in [1.82, 2.24) is 9.97 Å². The highest BCUT2D eigenvalue weighted by atomic mass is 32.2. The van der Waals surface area contributed by atoms with Gasteiger partial charge in [0.25, 0.3) is 15.9 Å². The minimum Gasteiger partial charge on any atom is -0.493 e. The van der Waals surface area contributed by atoms with Crippen molar-refractivity contribution in [2.24, 2.45) is 5.92 Å². The summed E-state index contributed by atoms with van der Waals surface area (Å²) in [6.07, 6.45) is 1.41. The smallest absolute Gasteiger partial charge is 0.264 e. The molecule has 0 spiro atoms. The van der Waals surface area contributed by atoms with Gasteiger partial charge in [0, 0.05) is 27.9 Å². The zero-order chi connectivity index (χ0) is 30.0. The van der Waals surface area contributed by atoms with Crippen LogP contribution in [0.3, 0.4) is 0 Å². The number of hydrogen-bond acceptors (Lipinski definition) is 7. The largest absolute Gasteiger partial charge is 0.493 e. The van der Waals surface area contributed by atoms with Crippen molar-refractivity contribution in [1.29, 1.82) is 0 Å². The van der Waals surface area contributed by atoms with Crippen molar-refractivity contribution < 1.29 is 22.7 Å². The van der Waals surface area contributed by atoms with Crippen LogP contribution in [0.2, 0.25) is 0 Å². The lowest BCUT2D eigenvalue weighted by Crippen LogP contribution is -2.18. The topological polar surface area (TPSA) is 120 Å². The average Bonchev–Trinajstić information content (AvgIpc) is 2.94. The number of benzene rings is 3. The highest BCUT2D eigenvalue weighted by Crippen LogP contribution is 2.39. The van der Waals surface area contributed by atoms with Gasteiger partial charge in [-0.15, -0.1) is 0 Å². The summed E-state index contributed by atoms with van der Waals surface area (Å²) in [5.74, 6) is 1.27. The zero-order valence-electron chi connectivity index (χ0n) is 24.3. The van der Waals surface area contributed by atoms with E-state index in [0.717, 1.165) is 28.9 Å². The van der Waals surface area contributed by atoms with Crippen LogP contribution in [-0.4, -0.2) is 30.9 Å². The number of ether oxygens (including phenoxy) is 2. The monoisotopic (exact) mass is 586 g/mol. The molecule has 10 heteroatoms. The summed E-state index contributed by atoms with van der Waals surface area (Å²) in [5.41, 5.74) is 4.55. The molecule has 1 aliphatic rings. The molecule has 1 aliphatic heterocycles. The molecule has 1 aromatic heterocycles. The summed E-state index contributed by atoms with van der Waals surface area (Å²) in [6, 6.07) is 16.6. The molecule has 3 aromatic carbocycles. The Morgan fingerprint density at radius 3 is 2.55 bits per heavy atom. The normalized spacial score (nSPS) is 13.9. The molecule has 6 bridgehead atoms. The number of fused-ring (bicyclic) bond motifs is 6. The highest BCUT2D eigenvalue weighted by Gasteiger charge is 2.25. The zero-order valence-corrected chi connectivity index (χ0v) is 25.1. The Hall–Kier alpha value is -4.44. The Morgan fingerprint density at radius 2 is 1.79 bits per heavy atom. The maximum Gasteiger partial charge on any atom is 0.264 e. The number of carbonyl (C=O) groups is 1. The van der Waals surface area contributed by atoms with Crippen LogP contribution in [0, 0.1) is 19.8 Å². The molecular weight excluding hydrogens is 552 g/mol. The number of carbonyl (C=O) groups excluding carboxylic acids is 1. The quantitative estimate of drug-likeness (QED) is 0.252. The first-order valence-electron chi connectivity index (χ1n) is 13.9. The molecule has 1 amide bonds. The van der Waals surface area contributed by atoms with E-state index >= 15 is 0 Å². The molecule has 0 fully saturated rings. The summed E-state index contributed by atoms with van der Waals surface area (Å²) in [4.78, 5) is 22.2. The van der Waals surface area contributed by atoms with Gasteiger partial charge in [-0.1, -0.05) is 39.0 Å². The van der Waals surface area contributed by atoms with Gasteiger partial charge in [0.05, 0.1) is 17.2 Å². The number of amides is 1. The van der Waals surface area contributed by atoms with Crippen molar-refractivity contribution in [2.45, 2.75) is 52.4 Å². The molecule has 0 atom stereocenters. The first kappa shape index (κ1) is 29.1. The summed E-state index contributed by atoms with van der Waals surface area (Å²) in [6.45, 7) is 10.8. The predicted molar refractivity (Wildman–Crippen MR) is 163 cm³/mol. The fourth-order valence-corrected chi connectivity index (χ4v) is 5.80. The van der Waals surface area contributed by atoms with E-state index in [2.05, 4.69) is 28.9 Å². The van der Waals surface area contributed by atoms with Crippen LogP contribution < -0.4 is 19.5 Å².